The molecule has 9 heteroatoms. The third-order valence-electron chi connectivity index (χ3n) is 4.55. The number of aryl methyl sites for hydroxylation is 1. The third-order valence-corrected chi connectivity index (χ3v) is 4.55. The van der Waals surface area contributed by atoms with Crippen molar-refractivity contribution in [2.45, 2.75) is 20.1 Å². The number of aromatic nitrogens is 5. The summed E-state index contributed by atoms with van der Waals surface area (Å²) < 4.78 is 7.87. The molecule has 0 aliphatic heterocycles. The maximum Gasteiger partial charge on any atom is 0.328 e. The Bertz CT molecular complexity index is 1330. The van der Waals surface area contributed by atoms with Crippen molar-refractivity contribution in [3.05, 3.63) is 81.9 Å². The van der Waals surface area contributed by atoms with Crippen LogP contribution >= 0.6 is 0 Å². The smallest absolute Gasteiger partial charge is 0.328 e. The number of nitrogens with zero attached hydrogens (tertiary/aromatic N) is 6. The van der Waals surface area contributed by atoms with Gasteiger partial charge in [0.2, 0.25) is 0 Å². The molecule has 4 rings (SSSR count). The minimum absolute atomic E-state index is 0.173. The highest BCUT2D eigenvalue weighted by atomic mass is 16.5. The first-order valence-corrected chi connectivity index (χ1v) is 9.10. The van der Waals surface area contributed by atoms with Gasteiger partial charge in [-0.2, -0.15) is 15.0 Å². The second kappa shape index (κ2) is 7.97. The molecule has 2 heterocycles. The molecule has 0 radical (unpaired) electrons. The monoisotopic (exact) mass is 400 g/mol. The average Bonchev–Trinajstić information content (AvgIpc) is 3.10. The number of hydrogen-bond acceptors (Lipinski definition) is 7. The lowest BCUT2D eigenvalue weighted by molar-refractivity contribution is -0.146. The van der Waals surface area contributed by atoms with E-state index in [-0.39, 0.29) is 6.61 Å². The topological polar surface area (TPSA) is 116 Å². The Morgan fingerprint density at radius 1 is 1.13 bits per heavy atom. The number of ether oxygens (including phenoxy) is 1. The molecule has 9 nitrogen and oxygen atoms in total. The number of para-hydroxylation sites is 1. The number of nitriles is 1. The molecule has 2 aromatic carbocycles. The molecule has 0 bridgehead atoms. The number of carbonyl (C=O) groups is 1. The molecule has 0 amide bonds. The highest BCUT2D eigenvalue weighted by Crippen LogP contribution is 2.19. The normalized spacial score (nSPS) is 10.7. The van der Waals surface area contributed by atoms with E-state index in [1.165, 1.54) is 0 Å². The predicted octanol–water partition coefficient (Wildman–Crippen LogP) is 1.90. The fourth-order valence-corrected chi connectivity index (χ4v) is 3.08. The standard InChI is InChI=1S/C21H16N6O3/c1-14-17(11-22)19(27(24-14)15-7-3-2-4-8-15)13-30-20(28)12-26-21(29)16-9-5-6-10-18(16)23-25-26/h2-10H,12-13H2,1H3. The van der Waals surface area contributed by atoms with Crippen LogP contribution in [-0.4, -0.2) is 30.7 Å². The van der Waals surface area contributed by atoms with E-state index < -0.39 is 18.1 Å². The maximum absolute atomic E-state index is 12.5. The van der Waals surface area contributed by atoms with Crippen LogP contribution < -0.4 is 5.56 Å². The van der Waals surface area contributed by atoms with Crippen LogP contribution in [0.3, 0.4) is 0 Å². The van der Waals surface area contributed by atoms with E-state index in [2.05, 4.69) is 21.5 Å². The van der Waals surface area contributed by atoms with Crippen molar-refractivity contribution >= 4 is 16.9 Å². The van der Waals surface area contributed by atoms with Gasteiger partial charge in [0.1, 0.15) is 30.3 Å². The first kappa shape index (κ1) is 19.0. The Kier molecular flexibility index (Phi) is 5.05. The summed E-state index contributed by atoms with van der Waals surface area (Å²) in [4.78, 5) is 24.8. The van der Waals surface area contributed by atoms with E-state index in [1.807, 2.05) is 30.3 Å². The van der Waals surface area contributed by atoms with Crippen LogP contribution in [-0.2, 0) is 22.7 Å². The lowest BCUT2D eigenvalue weighted by Crippen LogP contribution is -2.28. The van der Waals surface area contributed by atoms with Crippen molar-refractivity contribution in [2.75, 3.05) is 0 Å². The first-order chi connectivity index (χ1) is 14.6. The van der Waals surface area contributed by atoms with Gasteiger partial charge in [0.15, 0.2) is 0 Å². The summed E-state index contributed by atoms with van der Waals surface area (Å²) in [7, 11) is 0. The first-order valence-electron chi connectivity index (χ1n) is 9.10. The van der Waals surface area contributed by atoms with Crippen LogP contribution in [0, 0.1) is 18.3 Å². The van der Waals surface area contributed by atoms with Gasteiger partial charge in [0.05, 0.1) is 22.5 Å². The largest absolute Gasteiger partial charge is 0.458 e. The molecule has 2 aromatic heterocycles. The Morgan fingerprint density at radius 3 is 2.63 bits per heavy atom. The van der Waals surface area contributed by atoms with E-state index in [9.17, 15) is 14.9 Å². The Labute approximate surface area is 170 Å². The molecule has 0 fully saturated rings. The molecular weight excluding hydrogens is 384 g/mol. The highest BCUT2D eigenvalue weighted by Gasteiger charge is 2.18. The lowest BCUT2D eigenvalue weighted by Gasteiger charge is -2.09. The summed E-state index contributed by atoms with van der Waals surface area (Å²) in [6.45, 7) is 1.15. The van der Waals surface area contributed by atoms with Crippen molar-refractivity contribution in [1.82, 2.24) is 24.8 Å². The summed E-state index contributed by atoms with van der Waals surface area (Å²) in [6.07, 6.45) is 0. The third kappa shape index (κ3) is 3.54. The fourth-order valence-electron chi connectivity index (χ4n) is 3.08. The van der Waals surface area contributed by atoms with Crippen molar-refractivity contribution in [3.8, 4) is 11.8 Å². The summed E-state index contributed by atoms with van der Waals surface area (Å²) in [5, 5.41) is 22.0. The Morgan fingerprint density at radius 2 is 1.87 bits per heavy atom. The van der Waals surface area contributed by atoms with Gasteiger partial charge in [0.25, 0.3) is 5.56 Å². The molecule has 0 atom stereocenters. The van der Waals surface area contributed by atoms with Crippen LogP contribution in [0.1, 0.15) is 17.0 Å². The van der Waals surface area contributed by atoms with Crippen LogP contribution in [0.2, 0.25) is 0 Å². The second-order valence-corrected chi connectivity index (χ2v) is 6.50. The molecular formula is C21H16N6O3. The zero-order valence-electron chi connectivity index (χ0n) is 16.0. The minimum atomic E-state index is -0.677. The SMILES string of the molecule is Cc1nn(-c2ccccc2)c(COC(=O)Cn2nnc3ccccc3c2=O)c1C#N. The summed E-state index contributed by atoms with van der Waals surface area (Å²) >= 11 is 0. The summed E-state index contributed by atoms with van der Waals surface area (Å²) in [5.74, 6) is -0.677. The number of rotatable bonds is 5. The summed E-state index contributed by atoms with van der Waals surface area (Å²) in [5.41, 5.74) is 2.09. The number of carbonyl (C=O) groups excluding carboxylic acids is 1. The molecule has 0 saturated heterocycles. The number of esters is 1. The summed E-state index contributed by atoms with van der Waals surface area (Å²) in [6, 6.07) is 18.1. The van der Waals surface area contributed by atoms with E-state index in [0.717, 1.165) is 10.4 Å². The average molecular weight is 400 g/mol. The number of benzene rings is 2. The molecule has 4 aromatic rings. The van der Waals surface area contributed by atoms with Gasteiger partial charge in [-0.1, -0.05) is 35.5 Å². The zero-order chi connectivity index (χ0) is 21.1. The van der Waals surface area contributed by atoms with Crippen molar-refractivity contribution in [2.24, 2.45) is 0 Å². The molecule has 30 heavy (non-hydrogen) atoms. The van der Waals surface area contributed by atoms with Crippen molar-refractivity contribution < 1.29 is 9.53 Å². The van der Waals surface area contributed by atoms with Gasteiger partial charge in [-0.3, -0.25) is 9.59 Å². The molecule has 0 aliphatic carbocycles. The Balaban J connectivity index is 1.56. The molecule has 0 spiro atoms. The van der Waals surface area contributed by atoms with Gasteiger partial charge >= 0.3 is 5.97 Å². The fraction of sp³-hybridized carbons (Fsp3) is 0.143. The van der Waals surface area contributed by atoms with E-state index >= 15 is 0 Å². The number of hydrogen-bond donors (Lipinski definition) is 0. The van der Waals surface area contributed by atoms with E-state index in [0.29, 0.717) is 27.9 Å². The predicted molar refractivity (Wildman–Crippen MR) is 107 cm³/mol. The highest BCUT2D eigenvalue weighted by molar-refractivity contribution is 5.77. The molecule has 0 unspecified atom stereocenters. The van der Waals surface area contributed by atoms with Gasteiger partial charge in [-0.15, -0.1) is 5.10 Å². The van der Waals surface area contributed by atoms with Gasteiger partial charge in [-0.05, 0) is 31.2 Å². The minimum Gasteiger partial charge on any atom is -0.458 e. The molecule has 0 aliphatic rings. The van der Waals surface area contributed by atoms with E-state index in [1.54, 1.807) is 35.9 Å². The van der Waals surface area contributed by atoms with Crippen LogP contribution in [0.25, 0.3) is 16.6 Å². The lowest BCUT2D eigenvalue weighted by atomic mass is 10.2. The molecule has 0 saturated carbocycles. The van der Waals surface area contributed by atoms with Crippen molar-refractivity contribution in [3.63, 3.8) is 0 Å². The van der Waals surface area contributed by atoms with Crippen molar-refractivity contribution in [1.29, 1.82) is 5.26 Å². The van der Waals surface area contributed by atoms with Crippen LogP contribution in [0.5, 0.6) is 0 Å². The zero-order valence-corrected chi connectivity index (χ0v) is 16.0. The second-order valence-electron chi connectivity index (χ2n) is 6.50. The van der Waals surface area contributed by atoms with Gasteiger partial charge in [-0.25, -0.2) is 4.68 Å². The Hall–Kier alpha value is -4.32. The van der Waals surface area contributed by atoms with Gasteiger partial charge < -0.3 is 4.74 Å². The molecule has 0 N–H and O–H groups in total. The van der Waals surface area contributed by atoms with E-state index in [4.69, 9.17) is 4.74 Å². The molecule has 148 valence electrons. The van der Waals surface area contributed by atoms with Crippen LogP contribution in [0.4, 0.5) is 0 Å². The quantitative estimate of drug-likeness (QED) is 0.470. The maximum atomic E-state index is 12.5. The van der Waals surface area contributed by atoms with Crippen LogP contribution in [0.15, 0.2) is 59.4 Å². The number of fused-ring (bicyclic) bond motifs is 1. The van der Waals surface area contributed by atoms with Gasteiger partial charge in [0, 0.05) is 0 Å².